The van der Waals surface area contributed by atoms with Crippen molar-refractivity contribution in [2.75, 3.05) is 38.0 Å². The average Bonchev–Trinajstić information content (AvgIpc) is 2.95. The van der Waals surface area contributed by atoms with Crippen molar-refractivity contribution >= 4 is 28.9 Å². The SMILES string of the molecule is COc1ccc(C(=O)Nc2ccc3c(c2)N(C(=O)C[NH+](C)C)c2ccccc2CC3)cc1.O.[Cl-]. The number of hydrogen-bond acceptors (Lipinski definition) is 3. The Balaban J connectivity index is 0.00000204. The number of para-hydroxylation sites is 1. The van der Waals surface area contributed by atoms with Gasteiger partial charge in [-0.3, -0.25) is 14.5 Å². The Hall–Kier alpha value is -3.39. The first-order valence-electron chi connectivity index (χ1n) is 10.7. The molecule has 3 aromatic carbocycles. The number of anilines is 3. The van der Waals surface area contributed by atoms with Gasteiger partial charge in [0.25, 0.3) is 11.8 Å². The summed E-state index contributed by atoms with van der Waals surface area (Å²) in [6.07, 6.45) is 1.69. The van der Waals surface area contributed by atoms with Crippen molar-refractivity contribution in [2.24, 2.45) is 0 Å². The molecule has 0 unspecified atom stereocenters. The van der Waals surface area contributed by atoms with Crippen molar-refractivity contribution < 1.29 is 37.1 Å². The Bertz CT molecular complexity index is 1150. The normalized spacial score (nSPS) is 11.8. The third-order valence-electron chi connectivity index (χ3n) is 5.59. The number of aryl methyl sites for hydroxylation is 2. The standard InChI is InChI=1S/C26H27N3O3.ClH.H2O/c1-28(2)17-25(30)29-23-7-5-4-6-18(23)8-9-19-10-13-21(16-24(19)29)27-26(31)20-11-14-22(32-3)15-12-20;;/h4-7,10-16H,8-9,17H2,1-3H3,(H,27,31);1H;1H2. The fourth-order valence-corrected chi connectivity index (χ4v) is 4.00. The lowest BCUT2D eigenvalue weighted by Crippen LogP contribution is -3.07. The minimum absolute atomic E-state index is 0. The maximum absolute atomic E-state index is 13.3. The number of methoxy groups -OCH3 is 1. The Morgan fingerprint density at radius 2 is 1.59 bits per heavy atom. The van der Waals surface area contributed by atoms with Crippen molar-refractivity contribution in [3.63, 3.8) is 0 Å². The topological polar surface area (TPSA) is 94.6 Å². The molecule has 0 aliphatic carbocycles. The number of carbonyl (C=O) groups is 2. The zero-order valence-corrected chi connectivity index (χ0v) is 20.3. The van der Waals surface area contributed by atoms with E-state index in [9.17, 15) is 9.59 Å². The van der Waals surface area contributed by atoms with E-state index in [1.807, 2.05) is 55.4 Å². The van der Waals surface area contributed by atoms with E-state index in [0.29, 0.717) is 23.5 Å². The molecular formula is C26H30ClN3O4. The van der Waals surface area contributed by atoms with E-state index in [0.717, 1.165) is 40.2 Å². The van der Waals surface area contributed by atoms with Crippen molar-refractivity contribution in [3.8, 4) is 5.75 Å². The number of quaternary nitrogens is 1. The van der Waals surface area contributed by atoms with Gasteiger partial charge >= 0.3 is 0 Å². The molecule has 0 aromatic heterocycles. The number of likely N-dealkylation sites (N-methyl/N-ethyl adjacent to an activating group) is 1. The van der Waals surface area contributed by atoms with Crippen LogP contribution in [-0.4, -0.2) is 45.0 Å². The van der Waals surface area contributed by atoms with Crippen LogP contribution in [0.2, 0.25) is 0 Å². The molecule has 34 heavy (non-hydrogen) atoms. The molecule has 0 fully saturated rings. The van der Waals surface area contributed by atoms with Crippen LogP contribution < -0.4 is 32.3 Å². The van der Waals surface area contributed by atoms with Gasteiger partial charge in [0, 0.05) is 11.3 Å². The summed E-state index contributed by atoms with van der Waals surface area (Å²) in [5, 5.41) is 2.97. The van der Waals surface area contributed by atoms with Gasteiger partial charge in [-0.2, -0.15) is 0 Å². The smallest absolute Gasteiger partial charge is 0.286 e. The number of carbonyl (C=O) groups excluding carboxylic acids is 2. The van der Waals surface area contributed by atoms with Crippen LogP contribution in [0.5, 0.6) is 5.75 Å². The summed E-state index contributed by atoms with van der Waals surface area (Å²) in [5.74, 6) is 0.513. The van der Waals surface area contributed by atoms with E-state index in [1.54, 1.807) is 31.4 Å². The number of fused-ring (bicyclic) bond motifs is 2. The van der Waals surface area contributed by atoms with E-state index in [-0.39, 0.29) is 29.7 Å². The Morgan fingerprint density at radius 1 is 0.941 bits per heavy atom. The summed E-state index contributed by atoms with van der Waals surface area (Å²) in [4.78, 5) is 29.0. The molecule has 0 spiro atoms. The molecule has 0 atom stereocenters. The zero-order chi connectivity index (χ0) is 22.7. The van der Waals surface area contributed by atoms with Crippen molar-refractivity contribution in [1.82, 2.24) is 0 Å². The molecule has 0 bridgehead atoms. The molecule has 4 N–H and O–H groups in total. The lowest BCUT2D eigenvalue weighted by atomic mass is 10.0. The third kappa shape index (κ3) is 5.75. The highest BCUT2D eigenvalue weighted by molar-refractivity contribution is 6.06. The highest BCUT2D eigenvalue weighted by Gasteiger charge is 2.27. The van der Waals surface area contributed by atoms with E-state index in [2.05, 4.69) is 11.4 Å². The first kappa shape index (κ1) is 26.9. The largest absolute Gasteiger partial charge is 1.00 e. The fourth-order valence-electron chi connectivity index (χ4n) is 4.00. The Morgan fingerprint density at radius 3 is 2.24 bits per heavy atom. The number of ether oxygens (including phenoxy) is 1. The summed E-state index contributed by atoms with van der Waals surface area (Å²) in [5.41, 5.74) is 5.17. The van der Waals surface area contributed by atoms with Gasteiger partial charge in [-0.1, -0.05) is 24.3 Å². The molecule has 0 radical (unpaired) electrons. The Labute approximate surface area is 206 Å². The number of hydrogen-bond donors (Lipinski definition) is 2. The van der Waals surface area contributed by atoms with Crippen molar-refractivity contribution in [1.29, 1.82) is 0 Å². The molecule has 180 valence electrons. The predicted molar refractivity (Wildman–Crippen MR) is 130 cm³/mol. The predicted octanol–water partition coefficient (Wildman–Crippen LogP) is -0.965. The van der Waals surface area contributed by atoms with Crippen LogP contribution in [0.15, 0.2) is 66.7 Å². The van der Waals surface area contributed by atoms with Gasteiger partial charge in [0.1, 0.15) is 5.75 Å². The van der Waals surface area contributed by atoms with E-state index < -0.39 is 0 Å². The fraction of sp³-hybridized carbons (Fsp3) is 0.231. The first-order chi connectivity index (χ1) is 15.5. The molecule has 1 heterocycles. The van der Waals surface area contributed by atoms with Gasteiger partial charge in [-0.05, 0) is 66.4 Å². The highest BCUT2D eigenvalue weighted by Crippen LogP contribution is 2.37. The van der Waals surface area contributed by atoms with Crippen molar-refractivity contribution in [2.45, 2.75) is 12.8 Å². The Kier molecular flexibility index (Phi) is 9.20. The molecule has 3 aromatic rings. The van der Waals surface area contributed by atoms with Crippen LogP contribution in [0.1, 0.15) is 21.5 Å². The number of nitrogens with zero attached hydrogens (tertiary/aromatic N) is 1. The summed E-state index contributed by atoms with van der Waals surface area (Å²) in [6, 6.07) is 20.8. The van der Waals surface area contributed by atoms with E-state index in [1.165, 1.54) is 0 Å². The molecule has 8 heteroatoms. The number of benzene rings is 3. The van der Waals surface area contributed by atoms with Gasteiger partial charge in [-0.25, -0.2) is 0 Å². The molecule has 4 rings (SSSR count). The first-order valence-corrected chi connectivity index (χ1v) is 10.7. The van der Waals surface area contributed by atoms with Gasteiger partial charge in [-0.15, -0.1) is 0 Å². The third-order valence-corrected chi connectivity index (χ3v) is 5.59. The summed E-state index contributed by atoms with van der Waals surface area (Å²) in [6.45, 7) is 0.371. The lowest BCUT2D eigenvalue weighted by molar-refractivity contribution is -0.849. The van der Waals surface area contributed by atoms with E-state index in [4.69, 9.17) is 4.74 Å². The van der Waals surface area contributed by atoms with E-state index >= 15 is 0 Å². The average molecular weight is 484 g/mol. The number of amides is 2. The summed E-state index contributed by atoms with van der Waals surface area (Å²) >= 11 is 0. The van der Waals surface area contributed by atoms with Crippen LogP contribution in [0.25, 0.3) is 0 Å². The van der Waals surface area contributed by atoms with Crippen molar-refractivity contribution in [3.05, 3.63) is 83.4 Å². The zero-order valence-electron chi connectivity index (χ0n) is 19.5. The van der Waals surface area contributed by atoms with Crippen LogP contribution in [0.4, 0.5) is 17.1 Å². The van der Waals surface area contributed by atoms with Gasteiger partial charge in [0.15, 0.2) is 6.54 Å². The minimum atomic E-state index is -0.211. The van der Waals surface area contributed by atoms with Crippen LogP contribution in [0, 0.1) is 0 Å². The van der Waals surface area contributed by atoms with Gasteiger partial charge < -0.3 is 32.8 Å². The molecule has 0 saturated carbocycles. The number of nitrogens with one attached hydrogen (secondary N) is 2. The van der Waals surface area contributed by atoms with Crippen LogP contribution in [0.3, 0.4) is 0 Å². The second kappa shape index (κ2) is 11.7. The lowest BCUT2D eigenvalue weighted by Gasteiger charge is -2.26. The van der Waals surface area contributed by atoms with Crippen LogP contribution >= 0.6 is 0 Å². The van der Waals surface area contributed by atoms with Gasteiger partial charge in [0.05, 0.1) is 32.6 Å². The maximum Gasteiger partial charge on any atom is 0.286 e. The van der Waals surface area contributed by atoms with Crippen LogP contribution in [-0.2, 0) is 17.6 Å². The molecular weight excluding hydrogens is 454 g/mol. The number of rotatable bonds is 5. The monoisotopic (exact) mass is 483 g/mol. The summed E-state index contributed by atoms with van der Waals surface area (Å²) < 4.78 is 5.16. The number of halogens is 1. The molecule has 2 amide bonds. The maximum atomic E-state index is 13.3. The quantitative estimate of drug-likeness (QED) is 0.489. The highest BCUT2D eigenvalue weighted by atomic mass is 35.5. The minimum Gasteiger partial charge on any atom is -1.00 e. The second-order valence-corrected chi connectivity index (χ2v) is 8.27. The molecule has 0 saturated heterocycles. The van der Waals surface area contributed by atoms with Gasteiger partial charge in [0.2, 0.25) is 0 Å². The molecule has 7 nitrogen and oxygen atoms in total. The summed E-state index contributed by atoms with van der Waals surface area (Å²) in [7, 11) is 5.52. The molecule has 1 aliphatic rings. The molecule has 1 aliphatic heterocycles. The second-order valence-electron chi connectivity index (χ2n) is 8.27.